The lowest BCUT2D eigenvalue weighted by Crippen LogP contribution is -2.49. The molecule has 2 aromatic carbocycles. The van der Waals surface area contributed by atoms with Gasteiger partial charge in [0.1, 0.15) is 0 Å². The van der Waals surface area contributed by atoms with Gasteiger partial charge >= 0.3 is 0 Å². The fraction of sp³-hybridized carbons (Fsp3) is 0.462. The summed E-state index contributed by atoms with van der Waals surface area (Å²) in [7, 11) is 0. The maximum atomic E-state index is 13.1. The minimum atomic E-state index is -0.180. The number of halogens is 1. The molecule has 0 spiro atoms. The number of piperidine rings is 1. The first-order valence-corrected chi connectivity index (χ1v) is 11.8. The van der Waals surface area contributed by atoms with E-state index in [1.54, 1.807) is 0 Å². The zero-order valence-corrected chi connectivity index (χ0v) is 19.4. The van der Waals surface area contributed by atoms with Crippen molar-refractivity contribution in [3.8, 4) is 0 Å². The Kier molecular flexibility index (Phi) is 7.17. The second-order valence-electron chi connectivity index (χ2n) is 9.07. The van der Waals surface area contributed by atoms with Crippen molar-refractivity contribution in [2.24, 2.45) is 5.92 Å². The molecule has 4 rings (SSSR count). The molecule has 1 atom stereocenters. The lowest BCUT2D eigenvalue weighted by molar-refractivity contribution is -0.126. The third-order valence-corrected chi connectivity index (χ3v) is 7.14. The van der Waals surface area contributed by atoms with Gasteiger partial charge in [0, 0.05) is 48.8 Å². The molecule has 0 radical (unpaired) electrons. The fourth-order valence-electron chi connectivity index (χ4n) is 4.79. The third-order valence-electron chi connectivity index (χ3n) is 6.89. The van der Waals surface area contributed by atoms with Crippen LogP contribution in [0.1, 0.15) is 47.2 Å². The highest BCUT2D eigenvalue weighted by Crippen LogP contribution is 2.35. The molecule has 170 valence electrons. The normalized spacial score (nSPS) is 20.6. The average molecular weight is 455 g/mol. The number of rotatable bonds is 5. The monoisotopic (exact) mass is 454 g/mol. The van der Waals surface area contributed by atoms with Crippen molar-refractivity contribution in [2.75, 3.05) is 32.8 Å². The molecule has 0 saturated carbocycles. The van der Waals surface area contributed by atoms with Crippen molar-refractivity contribution < 1.29 is 14.3 Å². The van der Waals surface area contributed by atoms with Gasteiger partial charge in [-0.2, -0.15) is 0 Å². The second-order valence-corrected chi connectivity index (χ2v) is 9.51. The molecule has 2 aliphatic rings. The van der Waals surface area contributed by atoms with E-state index in [9.17, 15) is 9.59 Å². The van der Waals surface area contributed by atoms with Crippen LogP contribution < -0.4 is 5.32 Å². The standard InChI is InChI=1S/C26H31ClN2O3/c1-19-4-6-20(7-5-19)25(31)29-14-2-3-21(17-29)24(30)28-18-26(12-15-32-16-13-26)22-8-10-23(27)11-9-22/h4-11,21H,2-3,12-18H2,1H3,(H,28,30). The Labute approximate surface area is 195 Å². The van der Waals surface area contributed by atoms with Gasteiger partial charge in [-0.1, -0.05) is 41.4 Å². The molecule has 0 aromatic heterocycles. The molecule has 2 heterocycles. The number of hydrogen-bond donors (Lipinski definition) is 1. The molecule has 0 aliphatic carbocycles. The fourth-order valence-corrected chi connectivity index (χ4v) is 4.91. The van der Waals surface area contributed by atoms with Gasteiger partial charge in [-0.3, -0.25) is 9.59 Å². The van der Waals surface area contributed by atoms with Crippen LogP contribution in [0.15, 0.2) is 48.5 Å². The Morgan fingerprint density at radius 1 is 1.09 bits per heavy atom. The lowest BCUT2D eigenvalue weighted by Gasteiger charge is -2.39. The molecule has 32 heavy (non-hydrogen) atoms. The molecule has 1 N–H and O–H groups in total. The first-order valence-electron chi connectivity index (χ1n) is 11.4. The summed E-state index contributed by atoms with van der Waals surface area (Å²) in [5, 5.41) is 3.93. The highest BCUT2D eigenvalue weighted by atomic mass is 35.5. The molecule has 2 aromatic rings. The number of amides is 2. The van der Waals surface area contributed by atoms with Gasteiger partial charge in [-0.25, -0.2) is 0 Å². The van der Waals surface area contributed by atoms with Crippen molar-refractivity contribution in [3.63, 3.8) is 0 Å². The number of aryl methyl sites for hydroxylation is 1. The SMILES string of the molecule is Cc1ccc(C(=O)N2CCCC(C(=O)NCC3(c4ccc(Cl)cc4)CCOCC3)C2)cc1. The van der Waals surface area contributed by atoms with Crippen molar-refractivity contribution >= 4 is 23.4 Å². The number of carbonyl (C=O) groups excluding carboxylic acids is 2. The molecule has 0 bridgehead atoms. The van der Waals surface area contributed by atoms with Crippen LogP contribution in [-0.4, -0.2) is 49.6 Å². The van der Waals surface area contributed by atoms with Crippen LogP contribution in [0.5, 0.6) is 0 Å². The van der Waals surface area contributed by atoms with Gasteiger partial charge in [0.15, 0.2) is 0 Å². The number of carbonyl (C=O) groups is 2. The van der Waals surface area contributed by atoms with Crippen LogP contribution in [0.2, 0.25) is 5.02 Å². The topological polar surface area (TPSA) is 58.6 Å². The van der Waals surface area contributed by atoms with Crippen LogP contribution in [0.3, 0.4) is 0 Å². The first-order chi connectivity index (χ1) is 15.5. The number of ether oxygens (including phenoxy) is 1. The second kappa shape index (κ2) is 10.1. The average Bonchev–Trinajstić information content (AvgIpc) is 2.83. The van der Waals surface area contributed by atoms with Gasteiger partial charge in [0.05, 0.1) is 5.92 Å². The predicted molar refractivity (Wildman–Crippen MR) is 126 cm³/mol. The van der Waals surface area contributed by atoms with E-state index in [1.807, 2.05) is 48.2 Å². The summed E-state index contributed by atoms with van der Waals surface area (Å²) >= 11 is 6.09. The maximum Gasteiger partial charge on any atom is 0.253 e. The molecule has 1 unspecified atom stereocenters. The Balaban J connectivity index is 1.40. The van der Waals surface area contributed by atoms with Crippen LogP contribution in [0.4, 0.5) is 0 Å². The van der Waals surface area contributed by atoms with E-state index in [2.05, 4.69) is 17.4 Å². The largest absolute Gasteiger partial charge is 0.381 e. The summed E-state index contributed by atoms with van der Waals surface area (Å²) in [6.45, 7) is 5.10. The summed E-state index contributed by atoms with van der Waals surface area (Å²) < 4.78 is 5.60. The van der Waals surface area contributed by atoms with Crippen molar-refractivity contribution in [1.82, 2.24) is 10.2 Å². The highest BCUT2D eigenvalue weighted by Gasteiger charge is 2.36. The number of likely N-dealkylation sites (tertiary alicyclic amines) is 1. The van der Waals surface area contributed by atoms with Crippen molar-refractivity contribution in [2.45, 2.75) is 38.0 Å². The van der Waals surface area contributed by atoms with Crippen LogP contribution >= 0.6 is 11.6 Å². The van der Waals surface area contributed by atoms with Gasteiger partial charge in [0.25, 0.3) is 5.91 Å². The number of nitrogens with one attached hydrogen (secondary N) is 1. The first kappa shape index (κ1) is 22.8. The van der Waals surface area contributed by atoms with E-state index < -0.39 is 0 Å². The molecule has 2 saturated heterocycles. The molecular formula is C26H31ClN2O3. The zero-order valence-electron chi connectivity index (χ0n) is 18.6. The van der Waals surface area contributed by atoms with Crippen LogP contribution in [0.25, 0.3) is 0 Å². The predicted octanol–water partition coefficient (Wildman–Crippen LogP) is 4.37. The molecule has 2 amide bonds. The summed E-state index contributed by atoms with van der Waals surface area (Å²) in [5.41, 5.74) is 2.84. The van der Waals surface area contributed by atoms with E-state index in [0.717, 1.165) is 31.2 Å². The Morgan fingerprint density at radius 2 is 1.78 bits per heavy atom. The quantitative estimate of drug-likeness (QED) is 0.730. The molecular weight excluding hydrogens is 424 g/mol. The summed E-state index contributed by atoms with van der Waals surface area (Å²) in [4.78, 5) is 27.9. The minimum Gasteiger partial charge on any atom is -0.381 e. The zero-order chi connectivity index (χ0) is 22.6. The van der Waals surface area contributed by atoms with Gasteiger partial charge in [0.2, 0.25) is 5.91 Å². The molecule has 2 aliphatic heterocycles. The van der Waals surface area contributed by atoms with E-state index in [-0.39, 0.29) is 23.1 Å². The Hall–Kier alpha value is -2.37. The van der Waals surface area contributed by atoms with E-state index in [4.69, 9.17) is 16.3 Å². The van der Waals surface area contributed by atoms with Gasteiger partial charge in [-0.15, -0.1) is 0 Å². The Morgan fingerprint density at radius 3 is 2.47 bits per heavy atom. The number of hydrogen-bond acceptors (Lipinski definition) is 3. The summed E-state index contributed by atoms with van der Waals surface area (Å²) in [6.07, 6.45) is 3.36. The maximum absolute atomic E-state index is 13.1. The summed E-state index contributed by atoms with van der Waals surface area (Å²) in [5.74, 6) is -0.143. The molecule has 2 fully saturated rings. The van der Waals surface area contributed by atoms with E-state index >= 15 is 0 Å². The van der Waals surface area contributed by atoms with Gasteiger partial charge in [-0.05, 0) is 62.4 Å². The third kappa shape index (κ3) is 5.16. The molecule has 6 heteroatoms. The smallest absolute Gasteiger partial charge is 0.253 e. The Bertz CT molecular complexity index is 937. The van der Waals surface area contributed by atoms with Crippen molar-refractivity contribution in [3.05, 3.63) is 70.2 Å². The van der Waals surface area contributed by atoms with E-state index in [0.29, 0.717) is 43.4 Å². The highest BCUT2D eigenvalue weighted by molar-refractivity contribution is 6.30. The van der Waals surface area contributed by atoms with Gasteiger partial charge < -0.3 is 15.0 Å². The lowest BCUT2D eigenvalue weighted by atomic mass is 9.74. The van der Waals surface area contributed by atoms with Crippen molar-refractivity contribution in [1.29, 1.82) is 0 Å². The summed E-state index contributed by atoms with van der Waals surface area (Å²) in [6, 6.07) is 15.6. The van der Waals surface area contributed by atoms with Crippen LogP contribution in [-0.2, 0) is 14.9 Å². The number of benzene rings is 2. The van der Waals surface area contributed by atoms with E-state index in [1.165, 1.54) is 5.56 Å². The number of nitrogens with zero attached hydrogens (tertiary/aromatic N) is 1. The minimum absolute atomic E-state index is 0.00423. The van der Waals surface area contributed by atoms with Crippen LogP contribution in [0, 0.1) is 12.8 Å². The molecule has 5 nitrogen and oxygen atoms in total.